The molecule has 1 atom stereocenters. The van der Waals surface area contributed by atoms with Gasteiger partial charge in [0.15, 0.2) is 5.96 Å². The maximum absolute atomic E-state index is 11.5. The van der Waals surface area contributed by atoms with E-state index < -0.39 is 10.0 Å². The van der Waals surface area contributed by atoms with Crippen LogP contribution in [0.4, 0.5) is 5.69 Å². The van der Waals surface area contributed by atoms with Crippen LogP contribution >= 0.6 is 24.0 Å². The SMILES string of the molecule is CCNC(=NCCNS(=O)(=O)CC)NC(C)c1cccc(N2CCCC2)c1.I. The molecule has 0 saturated carbocycles. The van der Waals surface area contributed by atoms with Gasteiger partial charge < -0.3 is 15.5 Å². The highest BCUT2D eigenvalue weighted by molar-refractivity contribution is 14.0. The standard InChI is InChI=1S/C19H33N5O2S.HI/c1-4-20-19(21-11-12-22-27(25,26)5-2)23-16(3)17-9-8-10-18(15-17)24-13-6-7-14-24;/h8-10,15-16,22H,4-7,11-14H2,1-3H3,(H2,20,21,23);1H. The second kappa shape index (κ2) is 12.5. The summed E-state index contributed by atoms with van der Waals surface area (Å²) in [6.07, 6.45) is 2.52. The van der Waals surface area contributed by atoms with Crippen LogP contribution in [0.3, 0.4) is 0 Å². The van der Waals surface area contributed by atoms with Crippen LogP contribution in [-0.2, 0) is 10.0 Å². The molecule has 1 heterocycles. The third-order valence-electron chi connectivity index (χ3n) is 4.62. The number of halogens is 1. The molecule has 0 radical (unpaired) electrons. The van der Waals surface area contributed by atoms with Gasteiger partial charge in [-0.25, -0.2) is 13.1 Å². The van der Waals surface area contributed by atoms with Crippen LogP contribution in [0.1, 0.15) is 45.2 Å². The van der Waals surface area contributed by atoms with E-state index in [-0.39, 0.29) is 35.8 Å². The van der Waals surface area contributed by atoms with Gasteiger partial charge in [0.1, 0.15) is 0 Å². The van der Waals surface area contributed by atoms with Gasteiger partial charge >= 0.3 is 0 Å². The van der Waals surface area contributed by atoms with Gasteiger partial charge in [0.2, 0.25) is 10.0 Å². The fraction of sp³-hybridized carbons (Fsp3) is 0.632. The van der Waals surface area contributed by atoms with Gasteiger partial charge in [0.05, 0.1) is 18.3 Å². The van der Waals surface area contributed by atoms with Crippen LogP contribution in [0.25, 0.3) is 0 Å². The number of hydrogen-bond acceptors (Lipinski definition) is 4. The van der Waals surface area contributed by atoms with Gasteiger partial charge in [-0.2, -0.15) is 0 Å². The summed E-state index contributed by atoms with van der Waals surface area (Å²) in [5, 5.41) is 6.62. The van der Waals surface area contributed by atoms with Crippen LogP contribution in [0, 0.1) is 0 Å². The van der Waals surface area contributed by atoms with E-state index in [1.807, 2.05) is 6.92 Å². The molecule has 1 aliphatic rings. The molecule has 1 saturated heterocycles. The van der Waals surface area contributed by atoms with Crippen molar-refractivity contribution in [1.29, 1.82) is 0 Å². The van der Waals surface area contributed by atoms with Crippen molar-refractivity contribution in [1.82, 2.24) is 15.4 Å². The predicted molar refractivity (Wildman–Crippen MR) is 128 cm³/mol. The molecular formula is C19H34IN5O2S. The second-order valence-electron chi connectivity index (χ2n) is 6.71. The van der Waals surface area contributed by atoms with Crippen molar-refractivity contribution in [3.05, 3.63) is 29.8 Å². The van der Waals surface area contributed by atoms with E-state index in [2.05, 4.69) is 56.4 Å². The highest BCUT2D eigenvalue weighted by Gasteiger charge is 2.14. The average Bonchev–Trinajstić information content (AvgIpc) is 3.20. The molecule has 0 spiro atoms. The van der Waals surface area contributed by atoms with Crippen LogP contribution in [-0.4, -0.2) is 52.9 Å². The van der Waals surface area contributed by atoms with Crippen molar-refractivity contribution in [2.75, 3.05) is 43.4 Å². The third-order valence-corrected chi connectivity index (χ3v) is 6.03. The Labute approximate surface area is 186 Å². The summed E-state index contributed by atoms with van der Waals surface area (Å²) in [6.45, 7) is 9.42. The lowest BCUT2D eigenvalue weighted by Gasteiger charge is -2.22. The lowest BCUT2D eigenvalue weighted by atomic mass is 10.1. The number of hydrogen-bond donors (Lipinski definition) is 3. The zero-order valence-electron chi connectivity index (χ0n) is 17.1. The number of guanidine groups is 1. The Morgan fingerprint density at radius 1 is 1.25 bits per heavy atom. The minimum absolute atomic E-state index is 0. The second-order valence-corrected chi connectivity index (χ2v) is 8.81. The molecule has 7 nitrogen and oxygen atoms in total. The summed E-state index contributed by atoms with van der Waals surface area (Å²) in [5.41, 5.74) is 2.48. The molecular weight excluding hydrogens is 489 g/mol. The fourth-order valence-corrected chi connectivity index (χ4v) is 3.65. The van der Waals surface area contributed by atoms with Crippen LogP contribution < -0.4 is 20.3 Å². The number of rotatable bonds is 9. The van der Waals surface area contributed by atoms with E-state index in [0.717, 1.165) is 19.6 Å². The van der Waals surface area contributed by atoms with Crippen molar-refractivity contribution < 1.29 is 8.42 Å². The summed E-state index contributed by atoms with van der Waals surface area (Å²) in [5.74, 6) is 0.770. The zero-order chi connectivity index (χ0) is 19.7. The molecule has 0 aromatic heterocycles. The number of nitrogens with zero attached hydrogens (tertiary/aromatic N) is 2. The zero-order valence-corrected chi connectivity index (χ0v) is 20.2. The Hall–Kier alpha value is -1.07. The Bertz CT molecular complexity index is 721. The van der Waals surface area contributed by atoms with Crippen molar-refractivity contribution in [2.24, 2.45) is 4.99 Å². The monoisotopic (exact) mass is 523 g/mol. The highest BCUT2D eigenvalue weighted by atomic mass is 127. The van der Waals surface area contributed by atoms with E-state index in [9.17, 15) is 8.42 Å². The van der Waals surface area contributed by atoms with E-state index in [1.54, 1.807) is 6.92 Å². The van der Waals surface area contributed by atoms with E-state index in [1.165, 1.54) is 24.1 Å². The lowest BCUT2D eigenvalue weighted by molar-refractivity contribution is 0.583. The molecule has 0 bridgehead atoms. The maximum Gasteiger partial charge on any atom is 0.211 e. The summed E-state index contributed by atoms with van der Waals surface area (Å²) < 4.78 is 25.5. The Morgan fingerprint density at radius 3 is 2.61 bits per heavy atom. The first kappa shape index (κ1) is 25.0. The van der Waals surface area contributed by atoms with E-state index in [0.29, 0.717) is 19.0 Å². The smallest absolute Gasteiger partial charge is 0.211 e. The molecule has 0 amide bonds. The van der Waals surface area contributed by atoms with Crippen molar-refractivity contribution in [3.8, 4) is 0 Å². The van der Waals surface area contributed by atoms with Gasteiger partial charge in [0.25, 0.3) is 0 Å². The van der Waals surface area contributed by atoms with Gasteiger partial charge in [-0.15, -0.1) is 24.0 Å². The lowest BCUT2D eigenvalue weighted by Crippen LogP contribution is -2.39. The number of anilines is 1. The van der Waals surface area contributed by atoms with Crippen molar-refractivity contribution >= 4 is 45.6 Å². The van der Waals surface area contributed by atoms with Gasteiger partial charge in [0, 0.05) is 31.9 Å². The quantitative estimate of drug-likeness (QED) is 0.201. The molecule has 28 heavy (non-hydrogen) atoms. The number of nitrogens with one attached hydrogen (secondary N) is 3. The third kappa shape index (κ3) is 8.12. The maximum atomic E-state index is 11.5. The van der Waals surface area contributed by atoms with Crippen molar-refractivity contribution in [2.45, 2.75) is 39.7 Å². The van der Waals surface area contributed by atoms with E-state index >= 15 is 0 Å². The molecule has 0 aliphatic carbocycles. The first-order chi connectivity index (χ1) is 12.9. The predicted octanol–water partition coefficient (Wildman–Crippen LogP) is 2.46. The fourth-order valence-electron chi connectivity index (χ4n) is 3.05. The largest absolute Gasteiger partial charge is 0.372 e. The Morgan fingerprint density at radius 2 is 1.96 bits per heavy atom. The minimum Gasteiger partial charge on any atom is -0.372 e. The molecule has 1 aliphatic heterocycles. The highest BCUT2D eigenvalue weighted by Crippen LogP contribution is 2.23. The minimum atomic E-state index is -3.17. The summed E-state index contributed by atoms with van der Waals surface area (Å²) in [6, 6.07) is 8.72. The van der Waals surface area contributed by atoms with Crippen LogP contribution in [0.5, 0.6) is 0 Å². The van der Waals surface area contributed by atoms with Gasteiger partial charge in [-0.1, -0.05) is 12.1 Å². The number of benzene rings is 1. The van der Waals surface area contributed by atoms with Crippen LogP contribution in [0.15, 0.2) is 29.3 Å². The summed E-state index contributed by atoms with van der Waals surface area (Å²) >= 11 is 0. The van der Waals surface area contributed by atoms with E-state index in [4.69, 9.17) is 0 Å². The first-order valence-corrected chi connectivity index (χ1v) is 11.5. The molecule has 1 fully saturated rings. The molecule has 160 valence electrons. The molecule has 3 N–H and O–H groups in total. The average molecular weight is 523 g/mol. The number of aliphatic imine (C=N–C) groups is 1. The molecule has 2 rings (SSSR count). The van der Waals surface area contributed by atoms with Crippen molar-refractivity contribution in [3.63, 3.8) is 0 Å². The van der Waals surface area contributed by atoms with Crippen LogP contribution in [0.2, 0.25) is 0 Å². The summed E-state index contributed by atoms with van der Waals surface area (Å²) in [4.78, 5) is 6.90. The summed E-state index contributed by atoms with van der Waals surface area (Å²) in [7, 11) is -3.17. The normalized spacial score (nSPS) is 15.8. The molecule has 1 unspecified atom stereocenters. The number of sulfonamides is 1. The Kier molecular flexibility index (Phi) is 11.1. The molecule has 1 aromatic carbocycles. The topological polar surface area (TPSA) is 85.8 Å². The molecule has 1 aromatic rings. The Balaban J connectivity index is 0.00000392. The molecule has 9 heteroatoms. The van der Waals surface area contributed by atoms with Gasteiger partial charge in [-0.3, -0.25) is 4.99 Å². The first-order valence-electron chi connectivity index (χ1n) is 9.82. The van der Waals surface area contributed by atoms with Gasteiger partial charge in [-0.05, 0) is 51.3 Å².